The maximum atomic E-state index is 13.0. The lowest BCUT2D eigenvalue weighted by Gasteiger charge is -2.73. The van der Waals surface area contributed by atoms with E-state index in [-0.39, 0.29) is 29.3 Å². The van der Waals surface area contributed by atoms with Gasteiger partial charge < -0.3 is 15.2 Å². The van der Waals surface area contributed by atoms with Gasteiger partial charge in [-0.2, -0.15) is 0 Å². The van der Waals surface area contributed by atoms with E-state index in [9.17, 15) is 14.7 Å². The normalized spacial score (nSPS) is 45.4. The molecule has 45 heavy (non-hydrogen) atoms. The molecule has 5 nitrogen and oxygen atoms in total. The highest BCUT2D eigenvalue weighted by Crippen LogP contribution is 2.78. The number of carbonyl (C=O) groups is 2. The van der Waals surface area contributed by atoms with Crippen molar-refractivity contribution in [2.24, 2.45) is 62.1 Å². The molecule has 6 rings (SSSR count). The van der Waals surface area contributed by atoms with E-state index >= 15 is 0 Å². The molecule has 6 aliphatic carbocycles. The first-order valence-corrected chi connectivity index (χ1v) is 18.7. The summed E-state index contributed by atoms with van der Waals surface area (Å²) in [5.41, 5.74) is 1.55. The minimum atomic E-state index is -1.11. The minimum Gasteiger partial charge on any atom is -0.481 e. The van der Waals surface area contributed by atoms with Crippen LogP contribution in [-0.2, 0) is 14.3 Å². The fraction of sp³-hybridized carbons (Fsp3) is 0.900. The van der Waals surface area contributed by atoms with Crippen molar-refractivity contribution < 1.29 is 19.4 Å². The lowest BCUT2D eigenvalue weighted by atomic mass is 9.32. The molecule has 0 aromatic heterocycles. The topological polar surface area (TPSA) is 75.6 Å². The summed E-state index contributed by atoms with van der Waals surface area (Å²) >= 11 is 0. The molecule has 0 aromatic rings. The summed E-state index contributed by atoms with van der Waals surface area (Å²) in [7, 11) is 0. The maximum absolute atomic E-state index is 13.0. The average molecular weight is 624 g/mol. The number of carboxylic acids is 1. The van der Waals surface area contributed by atoms with Crippen LogP contribution in [0.3, 0.4) is 0 Å². The van der Waals surface area contributed by atoms with Crippen LogP contribution < -0.4 is 5.32 Å². The molecule has 0 aliphatic heterocycles. The fourth-order valence-electron chi connectivity index (χ4n) is 13.3. The smallest absolute Gasteiger partial charge is 0.309 e. The number of aliphatic carboxylic acids is 1. The Kier molecular flexibility index (Phi) is 8.27. The highest BCUT2D eigenvalue weighted by atomic mass is 16.5. The molecule has 0 heterocycles. The van der Waals surface area contributed by atoms with Gasteiger partial charge in [0.2, 0.25) is 0 Å². The second-order valence-corrected chi connectivity index (χ2v) is 19.2. The molecule has 254 valence electrons. The van der Waals surface area contributed by atoms with Gasteiger partial charge in [-0.25, -0.2) is 0 Å². The Morgan fingerprint density at radius 2 is 1.58 bits per heavy atom. The Hall–Kier alpha value is -1.36. The number of fused-ring (bicyclic) bond motifs is 7. The summed E-state index contributed by atoms with van der Waals surface area (Å²) in [4.78, 5) is 24.7. The van der Waals surface area contributed by atoms with Crippen LogP contribution >= 0.6 is 0 Å². The van der Waals surface area contributed by atoms with E-state index in [0.717, 1.165) is 30.7 Å². The third-order valence-electron chi connectivity index (χ3n) is 16.3. The summed E-state index contributed by atoms with van der Waals surface area (Å²) in [6.07, 6.45) is 16.5. The Balaban J connectivity index is 1.24. The fourth-order valence-corrected chi connectivity index (χ4v) is 13.3. The number of carbonyl (C=O) groups excluding carboxylic acids is 1. The summed E-state index contributed by atoms with van der Waals surface area (Å²) < 4.78 is 6.18. The molecular weight excluding hydrogens is 558 g/mol. The first-order valence-electron chi connectivity index (χ1n) is 18.7. The first-order chi connectivity index (χ1) is 20.9. The van der Waals surface area contributed by atoms with E-state index < -0.39 is 11.4 Å². The van der Waals surface area contributed by atoms with Gasteiger partial charge in [0.1, 0.15) is 6.10 Å². The number of allylic oxidation sites excluding steroid dienone is 1. The zero-order chi connectivity index (χ0) is 32.8. The van der Waals surface area contributed by atoms with E-state index in [1.54, 1.807) is 13.8 Å². The lowest BCUT2D eigenvalue weighted by molar-refractivity contribution is -0.250. The van der Waals surface area contributed by atoms with Gasteiger partial charge in [0, 0.05) is 11.5 Å². The SMILES string of the molecule is C=C(C)[C@@H]1CC[C@]2(CCNC3CC3)CC[C@]3(C)[C@H](CC[C@@H]4[C@@]5(C)CC[C@H](OC(=O)CC(C)(C)C(=O)O)C(C)(C)[C@@H]5CC[C@]43C)[C@@H]12. The van der Waals surface area contributed by atoms with E-state index in [4.69, 9.17) is 4.74 Å². The van der Waals surface area contributed by atoms with Gasteiger partial charge >= 0.3 is 11.9 Å². The number of ether oxygens (including phenoxy) is 1. The van der Waals surface area contributed by atoms with Gasteiger partial charge in [0.15, 0.2) is 0 Å². The number of hydrogen-bond donors (Lipinski definition) is 2. The number of esters is 1. The predicted octanol–water partition coefficient (Wildman–Crippen LogP) is 9.20. The molecule has 5 heteroatoms. The summed E-state index contributed by atoms with van der Waals surface area (Å²) in [6.45, 7) is 24.1. The van der Waals surface area contributed by atoms with Gasteiger partial charge in [-0.15, -0.1) is 0 Å². The molecule has 6 saturated carbocycles. The van der Waals surface area contributed by atoms with Crippen LogP contribution in [0.25, 0.3) is 0 Å². The van der Waals surface area contributed by atoms with Crippen LogP contribution in [0.1, 0.15) is 145 Å². The van der Waals surface area contributed by atoms with Gasteiger partial charge in [-0.3, -0.25) is 9.59 Å². The molecule has 0 spiro atoms. The Labute approximate surface area is 274 Å². The molecule has 6 fully saturated rings. The quantitative estimate of drug-likeness (QED) is 0.198. The molecular formula is C40H65NO4. The van der Waals surface area contributed by atoms with Crippen LogP contribution in [0, 0.1) is 62.1 Å². The van der Waals surface area contributed by atoms with Crippen LogP contribution in [0.2, 0.25) is 0 Å². The number of carboxylic acid groups (broad SMARTS) is 1. The molecule has 0 unspecified atom stereocenters. The van der Waals surface area contributed by atoms with Crippen molar-refractivity contribution in [3.63, 3.8) is 0 Å². The van der Waals surface area contributed by atoms with Crippen LogP contribution in [0.5, 0.6) is 0 Å². The highest BCUT2D eigenvalue weighted by molar-refractivity contribution is 5.81. The number of nitrogens with one attached hydrogen (secondary N) is 1. The molecule has 6 aliphatic rings. The van der Waals surface area contributed by atoms with Crippen molar-refractivity contribution in [1.82, 2.24) is 5.32 Å². The summed E-state index contributed by atoms with van der Waals surface area (Å²) in [6, 6.07) is 0.789. The minimum absolute atomic E-state index is 0.0816. The molecule has 0 bridgehead atoms. The summed E-state index contributed by atoms with van der Waals surface area (Å²) in [5, 5.41) is 13.5. The number of rotatable bonds is 9. The van der Waals surface area contributed by atoms with Crippen LogP contribution in [0.15, 0.2) is 12.2 Å². The van der Waals surface area contributed by atoms with Crippen molar-refractivity contribution in [3.8, 4) is 0 Å². The van der Waals surface area contributed by atoms with E-state index in [0.29, 0.717) is 34.0 Å². The van der Waals surface area contributed by atoms with Crippen molar-refractivity contribution in [3.05, 3.63) is 12.2 Å². The second-order valence-electron chi connectivity index (χ2n) is 19.2. The Bertz CT molecular complexity index is 1200. The largest absolute Gasteiger partial charge is 0.481 e. The van der Waals surface area contributed by atoms with E-state index in [1.807, 2.05) is 0 Å². The standard InChI is InChI=1S/C40H65NO4/c1-25(2)27-14-19-40(22-23-41-26-10-11-26)21-20-38(8)28(33(27)40)12-13-30-37(7)17-16-31(45-32(42)24-35(3,4)34(43)44)36(5,6)29(37)15-18-39(30,38)9/h26-31,33,41H,1,10-24H2,2-9H3,(H,43,44)/t27-,28+,29-,30+,31-,33+,37-,38+,39+,40+/m0/s1. The zero-order valence-electron chi connectivity index (χ0n) is 30.0. The lowest BCUT2D eigenvalue weighted by Crippen LogP contribution is -2.66. The third kappa shape index (κ3) is 5.18. The first kappa shape index (κ1) is 33.5. The molecule has 0 radical (unpaired) electrons. The summed E-state index contributed by atoms with van der Waals surface area (Å²) in [5.74, 6) is 2.10. The maximum Gasteiger partial charge on any atom is 0.309 e. The van der Waals surface area contributed by atoms with Crippen molar-refractivity contribution in [2.75, 3.05) is 6.54 Å². The van der Waals surface area contributed by atoms with E-state index in [1.165, 1.54) is 82.7 Å². The highest BCUT2D eigenvalue weighted by Gasteiger charge is 2.71. The van der Waals surface area contributed by atoms with Gasteiger partial charge in [0.25, 0.3) is 0 Å². The molecule has 10 atom stereocenters. The van der Waals surface area contributed by atoms with Crippen LogP contribution in [-0.4, -0.2) is 35.7 Å². The van der Waals surface area contributed by atoms with Crippen molar-refractivity contribution >= 4 is 11.9 Å². The van der Waals surface area contributed by atoms with Gasteiger partial charge in [-0.1, -0.05) is 46.8 Å². The van der Waals surface area contributed by atoms with Gasteiger partial charge in [0.05, 0.1) is 11.8 Å². The zero-order valence-corrected chi connectivity index (χ0v) is 30.0. The van der Waals surface area contributed by atoms with Crippen molar-refractivity contribution in [1.29, 1.82) is 0 Å². The van der Waals surface area contributed by atoms with Gasteiger partial charge in [-0.05, 0) is 162 Å². The predicted molar refractivity (Wildman–Crippen MR) is 181 cm³/mol. The van der Waals surface area contributed by atoms with Crippen LogP contribution in [0.4, 0.5) is 0 Å². The average Bonchev–Trinajstić information content (AvgIpc) is 3.68. The molecule has 0 aromatic carbocycles. The number of hydrogen-bond acceptors (Lipinski definition) is 4. The Morgan fingerprint density at radius 1 is 0.867 bits per heavy atom. The molecule has 2 N–H and O–H groups in total. The third-order valence-corrected chi connectivity index (χ3v) is 16.3. The second kappa shape index (κ2) is 11.1. The molecule has 0 amide bonds. The Morgan fingerprint density at radius 3 is 2.22 bits per heavy atom. The monoisotopic (exact) mass is 623 g/mol. The van der Waals surface area contributed by atoms with E-state index in [2.05, 4.69) is 53.4 Å². The van der Waals surface area contributed by atoms with Crippen molar-refractivity contribution in [2.45, 2.75) is 157 Å². The molecule has 0 saturated heterocycles.